The van der Waals surface area contributed by atoms with Crippen molar-refractivity contribution >= 4 is 6.92 Å². The van der Waals surface area contributed by atoms with E-state index in [0.29, 0.717) is 6.92 Å². The third kappa shape index (κ3) is 4.53. The van der Waals surface area contributed by atoms with E-state index in [9.17, 15) is 0 Å². The van der Waals surface area contributed by atoms with E-state index in [1.807, 2.05) is 0 Å². The summed E-state index contributed by atoms with van der Waals surface area (Å²) >= 11 is 0. The van der Waals surface area contributed by atoms with Gasteiger partial charge in [-0.15, -0.1) is 0 Å². The maximum absolute atomic E-state index is 6.50. The molecule has 1 nitrogen and oxygen atoms in total. The van der Waals surface area contributed by atoms with Crippen LogP contribution < -0.4 is 0 Å². The molecule has 21 heavy (non-hydrogen) atoms. The second-order valence-corrected chi connectivity index (χ2v) is 7.73. The summed E-state index contributed by atoms with van der Waals surface area (Å²) < 4.78 is 6.50. The summed E-state index contributed by atoms with van der Waals surface area (Å²) in [6.07, 6.45) is 23.3. The average Bonchev–Trinajstić information content (AvgIpc) is 2.58. The second-order valence-electron chi connectivity index (χ2n) is 7.73. The molecule has 0 aromatic rings. The van der Waals surface area contributed by atoms with Gasteiger partial charge in [0.25, 0.3) is 0 Å². The summed E-state index contributed by atoms with van der Waals surface area (Å²) in [5.74, 6) is 1.70. The van der Waals surface area contributed by atoms with Crippen molar-refractivity contribution in [2.45, 2.75) is 108 Å². The molecule has 0 aromatic carbocycles. The summed E-state index contributed by atoms with van der Waals surface area (Å²) in [6, 6.07) is 0. The standard InChI is InChI=1S/C19H33BO/c1-4-10-17(11-5-1)16-21-20(18-12-6-2-7-13-18)19-14-8-3-9-15-19/h16,18-19H,1-15H2. The third-order valence-corrected chi connectivity index (χ3v) is 6.12. The van der Waals surface area contributed by atoms with Crippen molar-refractivity contribution in [2.24, 2.45) is 0 Å². The van der Waals surface area contributed by atoms with Crippen LogP contribution in [-0.4, -0.2) is 6.92 Å². The summed E-state index contributed by atoms with van der Waals surface area (Å²) in [7, 11) is 0. The van der Waals surface area contributed by atoms with Crippen LogP contribution in [0.2, 0.25) is 11.6 Å². The van der Waals surface area contributed by atoms with E-state index < -0.39 is 0 Å². The zero-order valence-electron chi connectivity index (χ0n) is 13.8. The predicted molar refractivity (Wildman–Crippen MR) is 91.7 cm³/mol. The van der Waals surface area contributed by atoms with Crippen LogP contribution in [0.4, 0.5) is 0 Å². The second kappa shape index (κ2) is 8.29. The molecule has 0 saturated heterocycles. The molecule has 0 aliphatic heterocycles. The van der Waals surface area contributed by atoms with E-state index in [-0.39, 0.29) is 0 Å². The molecule has 0 radical (unpaired) electrons. The first-order chi connectivity index (χ1) is 10.4. The Morgan fingerprint density at radius 1 is 0.667 bits per heavy atom. The zero-order valence-corrected chi connectivity index (χ0v) is 13.8. The first-order valence-electron chi connectivity index (χ1n) is 9.77. The van der Waals surface area contributed by atoms with E-state index in [1.165, 1.54) is 96.3 Å². The Kier molecular flexibility index (Phi) is 6.12. The Balaban J connectivity index is 1.62. The van der Waals surface area contributed by atoms with Gasteiger partial charge in [0.05, 0.1) is 6.26 Å². The fourth-order valence-electron chi connectivity index (χ4n) is 4.83. The van der Waals surface area contributed by atoms with Crippen molar-refractivity contribution in [2.75, 3.05) is 0 Å². The Morgan fingerprint density at radius 3 is 1.67 bits per heavy atom. The highest BCUT2D eigenvalue weighted by atomic mass is 16.4. The van der Waals surface area contributed by atoms with Gasteiger partial charge >= 0.3 is 6.92 Å². The van der Waals surface area contributed by atoms with Gasteiger partial charge in [0.1, 0.15) is 0 Å². The molecule has 0 bridgehead atoms. The first kappa shape index (κ1) is 15.5. The minimum atomic E-state index is 0.542. The van der Waals surface area contributed by atoms with Gasteiger partial charge in [0.15, 0.2) is 0 Å². The first-order valence-corrected chi connectivity index (χ1v) is 9.77. The Labute approximate surface area is 132 Å². The molecule has 3 rings (SSSR count). The van der Waals surface area contributed by atoms with Gasteiger partial charge in [-0.05, 0) is 42.9 Å². The number of allylic oxidation sites excluding steroid dienone is 1. The van der Waals surface area contributed by atoms with Crippen molar-refractivity contribution in [3.8, 4) is 0 Å². The SMILES string of the molecule is C(OB(C1CCCCC1)C1CCCCC1)=C1CCCCC1. The number of hydrogen-bond acceptors (Lipinski definition) is 1. The van der Waals surface area contributed by atoms with Crippen LogP contribution in [0.5, 0.6) is 0 Å². The molecule has 0 amide bonds. The quantitative estimate of drug-likeness (QED) is 0.423. The molecule has 3 aliphatic rings. The lowest BCUT2D eigenvalue weighted by Gasteiger charge is -2.34. The number of rotatable bonds is 4. The van der Waals surface area contributed by atoms with Crippen LogP contribution in [0.25, 0.3) is 0 Å². The molecule has 3 aliphatic carbocycles. The fourth-order valence-corrected chi connectivity index (χ4v) is 4.83. The topological polar surface area (TPSA) is 9.23 Å². The van der Waals surface area contributed by atoms with Gasteiger partial charge in [-0.25, -0.2) is 0 Å². The van der Waals surface area contributed by atoms with Crippen LogP contribution in [-0.2, 0) is 4.65 Å². The van der Waals surface area contributed by atoms with Gasteiger partial charge in [-0.3, -0.25) is 0 Å². The van der Waals surface area contributed by atoms with E-state index in [1.54, 1.807) is 5.57 Å². The van der Waals surface area contributed by atoms with Gasteiger partial charge < -0.3 is 4.65 Å². The van der Waals surface area contributed by atoms with Crippen molar-refractivity contribution in [3.05, 3.63) is 11.8 Å². The molecule has 3 fully saturated rings. The molecule has 0 N–H and O–H groups in total. The predicted octanol–water partition coefficient (Wildman–Crippen LogP) is 6.51. The molecule has 0 unspecified atom stereocenters. The summed E-state index contributed by atoms with van der Waals surface area (Å²) in [4.78, 5) is 0. The smallest absolute Gasteiger partial charge is 0.363 e. The van der Waals surface area contributed by atoms with Gasteiger partial charge in [-0.2, -0.15) is 0 Å². The molecule has 3 saturated carbocycles. The Morgan fingerprint density at radius 2 is 1.14 bits per heavy atom. The molecule has 2 heteroatoms. The maximum Gasteiger partial charge on any atom is 0.363 e. The molecular formula is C19H33BO. The van der Waals surface area contributed by atoms with Crippen molar-refractivity contribution < 1.29 is 4.65 Å². The minimum Gasteiger partial charge on any atom is -0.565 e. The van der Waals surface area contributed by atoms with E-state index in [2.05, 4.69) is 6.26 Å². The van der Waals surface area contributed by atoms with E-state index in [4.69, 9.17) is 4.65 Å². The Hall–Kier alpha value is -0.395. The van der Waals surface area contributed by atoms with Gasteiger partial charge in [-0.1, -0.05) is 70.6 Å². The monoisotopic (exact) mass is 288 g/mol. The van der Waals surface area contributed by atoms with Gasteiger partial charge in [0, 0.05) is 0 Å². The van der Waals surface area contributed by atoms with E-state index in [0.717, 1.165) is 11.6 Å². The van der Waals surface area contributed by atoms with Crippen LogP contribution >= 0.6 is 0 Å². The lowest BCUT2D eigenvalue weighted by atomic mass is 9.42. The maximum atomic E-state index is 6.50. The lowest BCUT2D eigenvalue weighted by molar-refractivity contribution is 0.374. The average molecular weight is 288 g/mol. The molecule has 0 atom stereocenters. The van der Waals surface area contributed by atoms with Crippen LogP contribution in [0, 0.1) is 0 Å². The Bertz CT molecular complexity index is 300. The van der Waals surface area contributed by atoms with Crippen LogP contribution in [0.3, 0.4) is 0 Å². The van der Waals surface area contributed by atoms with Crippen LogP contribution in [0.1, 0.15) is 96.3 Å². The highest BCUT2D eigenvalue weighted by molar-refractivity contribution is 6.55. The minimum absolute atomic E-state index is 0.542. The van der Waals surface area contributed by atoms with Crippen molar-refractivity contribution in [3.63, 3.8) is 0 Å². The van der Waals surface area contributed by atoms with Crippen molar-refractivity contribution in [1.29, 1.82) is 0 Å². The van der Waals surface area contributed by atoms with E-state index >= 15 is 0 Å². The molecule has 118 valence electrons. The lowest BCUT2D eigenvalue weighted by Crippen LogP contribution is -2.32. The highest BCUT2D eigenvalue weighted by Crippen LogP contribution is 2.42. The normalized spacial score (nSPS) is 25.6. The molecule has 0 spiro atoms. The summed E-state index contributed by atoms with van der Waals surface area (Å²) in [6.45, 7) is 0.542. The highest BCUT2D eigenvalue weighted by Gasteiger charge is 2.37. The van der Waals surface area contributed by atoms with Crippen molar-refractivity contribution in [1.82, 2.24) is 0 Å². The third-order valence-electron chi connectivity index (χ3n) is 6.12. The largest absolute Gasteiger partial charge is 0.565 e. The molecule has 0 heterocycles. The van der Waals surface area contributed by atoms with Gasteiger partial charge in [0.2, 0.25) is 0 Å². The number of hydrogen-bond donors (Lipinski definition) is 0. The summed E-state index contributed by atoms with van der Waals surface area (Å²) in [5, 5.41) is 0. The molecule has 0 aromatic heterocycles. The zero-order chi connectivity index (χ0) is 14.3. The summed E-state index contributed by atoms with van der Waals surface area (Å²) in [5.41, 5.74) is 1.60. The molecular weight excluding hydrogens is 255 g/mol. The fraction of sp³-hybridized carbons (Fsp3) is 0.895. The van der Waals surface area contributed by atoms with Crippen LogP contribution in [0.15, 0.2) is 11.8 Å².